The van der Waals surface area contributed by atoms with E-state index in [1.54, 1.807) is 12.3 Å². The summed E-state index contributed by atoms with van der Waals surface area (Å²) in [5.74, 6) is 0.998. The number of aryl methyl sites for hydroxylation is 1. The van der Waals surface area contributed by atoms with Crippen LogP contribution >= 0.6 is 0 Å². The molecule has 0 aliphatic rings. The maximum atomic E-state index is 9.08. The molecule has 1 N–H and O–H groups in total. The van der Waals surface area contributed by atoms with Gasteiger partial charge in [-0.2, -0.15) is 5.26 Å². The SMILES string of the molecule is CNc1ccc(Oc2nccc(C)c2C#N)cc1. The predicted molar refractivity (Wildman–Crippen MR) is 69.8 cm³/mol. The molecule has 1 aromatic heterocycles. The third-order valence-corrected chi connectivity index (χ3v) is 2.59. The largest absolute Gasteiger partial charge is 0.438 e. The highest BCUT2D eigenvalue weighted by atomic mass is 16.5. The third-order valence-electron chi connectivity index (χ3n) is 2.59. The zero-order chi connectivity index (χ0) is 13.0. The molecule has 0 radical (unpaired) electrons. The molecule has 0 amide bonds. The van der Waals surface area contributed by atoms with Gasteiger partial charge in [-0.15, -0.1) is 0 Å². The van der Waals surface area contributed by atoms with Crippen molar-refractivity contribution in [3.05, 3.63) is 47.7 Å². The fourth-order valence-electron chi connectivity index (χ4n) is 1.55. The van der Waals surface area contributed by atoms with E-state index in [4.69, 9.17) is 10.00 Å². The molecule has 4 nitrogen and oxygen atoms in total. The van der Waals surface area contributed by atoms with Crippen LogP contribution in [0, 0.1) is 18.3 Å². The zero-order valence-corrected chi connectivity index (χ0v) is 10.3. The molecule has 90 valence electrons. The van der Waals surface area contributed by atoms with E-state index < -0.39 is 0 Å². The highest BCUT2D eigenvalue weighted by molar-refractivity contribution is 5.48. The van der Waals surface area contributed by atoms with E-state index in [2.05, 4.69) is 16.4 Å². The van der Waals surface area contributed by atoms with Crippen molar-refractivity contribution in [2.75, 3.05) is 12.4 Å². The van der Waals surface area contributed by atoms with Crippen LogP contribution in [0.2, 0.25) is 0 Å². The normalized spacial score (nSPS) is 9.61. The minimum Gasteiger partial charge on any atom is -0.438 e. The second kappa shape index (κ2) is 5.19. The van der Waals surface area contributed by atoms with Gasteiger partial charge in [0.25, 0.3) is 0 Å². The van der Waals surface area contributed by atoms with E-state index in [1.807, 2.05) is 38.2 Å². The summed E-state index contributed by atoms with van der Waals surface area (Å²) in [5, 5.41) is 12.1. The summed E-state index contributed by atoms with van der Waals surface area (Å²) in [6.45, 7) is 1.86. The average molecular weight is 239 g/mol. The van der Waals surface area contributed by atoms with E-state index in [0.29, 0.717) is 17.2 Å². The lowest BCUT2D eigenvalue weighted by Gasteiger charge is -2.08. The van der Waals surface area contributed by atoms with E-state index in [-0.39, 0.29) is 0 Å². The minimum absolute atomic E-state index is 0.342. The number of pyridine rings is 1. The molecule has 2 aromatic rings. The molecule has 1 heterocycles. The molecule has 0 atom stereocenters. The Morgan fingerprint density at radius 2 is 1.94 bits per heavy atom. The Morgan fingerprint density at radius 1 is 1.22 bits per heavy atom. The van der Waals surface area contributed by atoms with Gasteiger partial charge in [-0.25, -0.2) is 4.98 Å². The molecular formula is C14H13N3O. The van der Waals surface area contributed by atoms with Crippen LogP contribution in [0.5, 0.6) is 11.6 Å². The van der Waals surface area contributed by atoms with Gasteiger partial charge in [-0.1, -0.05) is 0 Å². The molecule has 0 bridgehead atoms. The quantitative estimate of drug-likeness (QED) is 0.894. The molecule has 0 saturated heterocycles. The van der Waals surface area contributed by atoms with Gasteiger partial charge in [0, 0.05) is 18.9 Å². The standard InChI is InChI=1S/C14H13N3O/c1-10-7-8-17-14(13(10)9-15)18-12-5-3-11(16-2)4-6-12/h3-8,16H,1-2H3. The lowest BCUT2D eigenvalue weighted by molar-refractivity contribution is 0.461. The number of anilines is 1. The fourth-order valence-corrected chi connectivity index (χ4v) is 1.55. The van der Waals surface area contributed by atoms with Crippen molar-refractivity contribution in [1.29, 1.82) is 5.26 Å². The first-order chi connectivity index (χ1) is 8.74. The molecule has 0 spiro atoms. The summed E-state index contributed by atoms with van der Waals surface area (Å²) < 4.78 is 5.62. The summed E-state index contributed by atoms with van der Waals surface area (Å²) in [6.07, 6.45) is 1.63. The molecule has 0 unspecified atom stereocenters. The van der Waals surface area contributed by atoms with E-state index in [1.165, 1.54) is 0 Å². The van der Waals surface area contributed by atoms with Crippen molar-refractivity contribution in [3.8, 4) is 17.7 Å². The van der Waals surface area contributed by atoms with Crippen LogP contribution in [0.3, 0.4) is 0 Å². The van der Waals surface area contributed by atoms with Gasteiger partial charge in [0.15, 0.2) is 0 Å². The van der Waals surface area contributed by atoms with Gasteiger partial charge < -0.3 is 10.1 Å². The number of ether oxygens (including phenoxy) is 1. The first-order valence-corrected chi connectivity index (χ1v) is 5.56. The van der Waals surface area contributed by atoms with Crippen molar-refractivity contribution in [1.82, 2.24) is 4.98 Å². The molecule has 4 heteroatoms. The summed E-state index contributed by atoms with van der Waals surface area (Å²) in [6, 6.07) is 11.4. The minimum atomic E-state index is 0.342. The van der Waals surface area contributed by atoms with Crippen LogP contribution in [0.1, 0.15) is 11.1 Å². The van der Waals surface area contributed by atoms with Gasteiger partial charge in [-0.3, -0.25) is 0 Å². The summed E-state index contributed by atoms with van der Waals surface area (Å²) >= 11 is 0. The number of nitriles is 1. The van der Waals surface area contributed by atoms with Crippen LogP contribution in [0.15, 0.2) is 36.5 Å². The van der Waals surface area contributed by atoms with Crippen LogP contribution in [0.4, 0.5) is 5.69 Å². The van der Waals surface area contributed by atoms with Crippen molar-refractivity contribution in [3.63, 3.8) is 0 Å². The molecule has 0 saturated carbocycles. The van der Waals surface area contributed by atoms with Gasteiger partial charge >= 0.3 is 0 Å². The second-order valence-corrected chi connectivity index (χ2v) is 3.80. The first-order valence-electron chi connectivity index (χ1n) is 5.56. The topological polar surface area (TPSA) is 57.9 Å². The number of nitrogens with zero attached hydrogens (tertiary/aromatic N) is 2. The lowest BCUT2D eigenvalue weighted by atomic mass is 10.2. The first kappa shape index (κ1) is 11.9. The molecule has 1 aromatic carbocycles. The zero-order valence-electron chi connectivity index (χ0n) is 10.3. The average Bonchev–Trinajstić information content (AvgIpc) is 2.40. The smallest absolute Gasteiger partial charge is 0.237 e. The molecule has 2 rings (SSSR count). The monoisotopic (exact) mass is 239 g/mol. The Morgan fingerprint density at radius 3 is 2.56 bits per heavy atom. The van der Waals surface area contributed by atoms with Gasteiger partial charge in [0.1, 0.15) is 17.4 Å². The Kier molecular flexibility index (Phi) is 3.44. The fraction of sp³-hybridized carbons (Fsp3) is 0.143. The van der Waals surface area contributed by atoms with Gasteiger partial charge in [0.2, 0.25) is 5.88 Å². The van der Waals surface area contributed by atoms with E-state index in [0.717, 1.165) is 11.3 Å². The molecule has 0 aliphatic heterocycles. The third kappa shape index (κ3) is 2.41. The number of rotatable bonds is 3. The highest BCUT2D eigenvalue weighted by Gasteiger charge is 2.08. The summed E-state index contributed by atoms with van der Waals surface area (Å²) in [7, 11) is 1.85. The Balaban J connectivity index is 2.28. The Bertz CT molecular complexity index is 585. The number of benzene rings is 1. The molecule has 0 fully saturated rings. The maximum absolute atomic E-state index is 9.08. The van der Waals surface area contributed by atoms with Crippen molar-refractivity contribution in [2.24, 2.45) is 0 Å². The van der Waals surface area contributed by atoms with Gasteiger partial charge in [-0.05, 0) is 42.8 Å². The van der Waals surface area contributed by atoms with Crippen molar-refractivity contribution in [2.45, 2.75) is 6.92 Å². The van der Waals surface area contributed by atoms with Crippen LogP contribution in [0.25, 0.3) is 0 Å². The lowest BCUT2D eigenvalue weighted by Crippen LogP contribution is -1.94. The van der Waals surface area contributed by atoms with E-state index >= 15 is 0 Å². The van der Waals surface area contributed by atoms with Crippen molar-refractivity contribution < 1.29 is 4.74 Å². The number of nitrogens with one attached hydrogen (secondary N) is 1. The van der Waals surface area contributed by atoms with Gasteiger partial charge in [0.05, 0.1) is 0 Å². The van der Waals surface area contributed by atoms with Crippen molar-refractivity contribution >= 4 is 5.69 Å². The van der Waals surface area contributed by atoms with E-state index in [9.17, 15) is 0 Å². The Hall–Kier alpha value is -2.54. The number of aromatic nitrogens is 1. The van der Waals surface area contributed by atoms with Crippen LogP contribution in [-0.2, 0) is 0 Å². The molecule has 18 heavy (non-hydrogen) atoms. The second-order valence-electron chi connectivity index (χ2n) is 3.80. The highest BCUT2D eigenvalue weighted by Crippen LogP contribution is 2.25. The predicted octanol–water partition coefficient (Wildman–Crippen LogP) is 3.10. The van der Waals surface area contributed by atoms with Crippen LogP contribution < -0.4 is 10.1 Å². The molecule has 0 aliphatic carbocycles. The maximum Gasteiger partial charge on any atom is 0.237 e. The number of hydrogen-bond acceptors (Lipinski definition) is 4. The van der Waals surface area contributed by atoms with Crippen LogP contribution in [-0.4, -0.2) is 12.0 Å². The Labute approximate surface area is 106 Å². The number of hydrogen-bond donors (Lipinski definition) is 1. The molecular weight excluding hydrogens is 226 g/mol. The summed E-state index contributed by atoms with van der Waals surface area (Å²) in [5.41, 5.74) is 2.32. The summed E-state index contributed by atoms with van der Waals surface area (Å²) in [4.78, 5) is 4.09.